The van der Waals surface area contributed by atoms with Gasteiger partial charge >= 0.3 is 0 Å². The molecular formula is C13H12N6OS. The summed E-state index contributed by atoms with van der Waals surface area (Å²) < 4.78 is 1.54. The molecular weight excluding hydrogens is 288 g/mol. The number of rotatable bonds is 4. The molecule has 0 amide bonds. The van der Waals surface area contributed by atoms with E-state index in [1.54, 1.807) is 29.2 Å². The smallest absolute Gasteiger partial charge is 0.234 e. The van der Waals surface area contributed by atoms with Gasteiger partial charge in [-0.25, -0.2) is 0 Å². The van der Waals surface area contributed by atoms with Gasteiger partial charge in [0.15, 0.2) is 12.0 Å². The highest BCUT2D eigenvalue weighted by atomic mass is 32.1. The lowest BCUT2D eigenvalue weighted by Crippen LogP contribution is -1.99. The van der Waals surface area contributed by atoms with Gasteiger partial charge in [0, 0.05) is 23.9 Å². The van der Waals surface area contributed by atoms with E-state index in [4.69, 9.17) is 0 Å². The van der Waals surface area contributed by atoms with Crippen molar-refractivity contribution in [1.82, 2.24) is 30.2 Å². The molecule has 0 bridgehead atoms. The van der Waals surface area contributed by atoms with Crippen molar-refractivity contribution < 1.29 is 4.79 Å². The molecule has 3 rings (SSSR count). The van der Waals surface area contributed by atoms with Crippen LogP contribution in [0.2, 0.25) is 0 Å². The summed E-state index contributed by atoms with van der Waals surface area (Å²) in [6.45, 7) is 4.10. The highest BCUT2D eigenvalue weighted by Crippen LogP contribution is 2.27. The van der Waals surface area contributed by atoms with Crippen molar-refractivity contribution in [3.8, 4) is 16.4 Å². The Morgan fingerprint density at radius 1 is 1.19 bits per heavy atom. The van der Waals surface area contributed by atoms with Crippen LogP contribution in [0.1, 0.15) is 35.3 Å². The zero-order valence-corrected chi connectivity index (χ0v) is 12.3. The van der Waals surface area contributed by atoms with Crippen LogP contribution in [0.4, 0.5) is 0 Å². The van der Waals surface area contributed by atoms with Crippen molar-refractivity contribution in [2.75, 3.05) is 0 Å². The molecule has 0 fully saturated rings. The summed E-state index contributed by atoms with van der Waals surface area (Å²) in [6.07, 6.45) is 3.99. The molecule has 21 heavy (non-hydrogen) atoms. The monoisotopic (exact) mass is 300 g/mol. The van der Waals surface area contributed by atoms with E-state index in [0.29, 0.717) is 17.1 Å². The van der Waals surface area contributed by atoms with Gasteiger partial charge in [0.1, 0.15) is 10.7 Å². The fourth-order valence-electron chi connectivity index (χ4n) is 1.83. The van der Waals surface area contributed by atoms with Gasteiger partial charge in [0.25, 0.3) is 0 Å². The van der Waals surface area contributed by atoms with Crippen LogP contribution in [0.5, 0.6) is 0 Å². The van der Waals surface area contributed by atoms with E-state index in [1.807, 2.05) is 13.8 Å². The maximum Gasteiger partial charge on any atom is 0.234 e. The van der Waals surface area contributed by atoms with Crippen molar-refractivity contribution in [2.45, 2.75) is 19.8 Å². The number of carbonyl (C=O) groups is 1. The van der Waals surface area contributed by atoms with Gasteiger partial charge in [-0.3, -0.25) is 9.78 Å². The normalized spacial score (nSPS) is 11.0. The first-order valence-electron chi connectivity index (χ1n) is 6.35. The third-order valence-corrected chi connectivity index (χ3v) is 4.07. The minimum atomic E-state index is 0.266. The molecule has 0 saturated carbocycles. The van der Waals surface area contributed by atoms with Gasteiger partial charge < -0.3 is 0 Å². The van der Waals surface area contributed by atoms with Crippen LogP contribution in [0.25, 0.3) is 16.4 Å². The van der Waals surface area contributed by atoms with Crippen LogP contribution in [-0.2, 0) is 0 Å². The molecule has 0 saturated heterocycles. The standard InChI is InChI=1S/C13H12N6OS/c1-8(2)12-16-17-13(21-12)19-11(10(7-20)15-18-19)9-3-5-14-6-4-9/h3-8H,1-2H3. The second kappa shape index (κ2) is 5.49. The highest BCUT2D eigenvalue weighted by Gasteiger charge is 2.19. The van der Waals surface area contributed by atoms with Crippen LogP contribution < -0.4 is 0 Å². The topological polar surface area (TPSA) is 86.5 Å². The summed E-state index contributed by atoms with van der Waals surface area (Å²) in [6, 6.07) is 3.60. The van der Waals surface area contributed by atoms with E-state index >= 15 is 0 Å². The number of hydrogen-bond acceptors (Lipinski definition) is 7. The third kappa shape index (κ3) is 2.45. The van der Waals surface area contributed by atoms with Crippen LogP contribution in [0, 0.1) is 0 Å². The average molecular weight is 300 g/mol. The van der Waals surface area contributed by atoms with Gasteiger partial charge in [-0.1, -0.05) is 30.4 Å². The lowest BCUT2D eigenvalue weighted by atomic mass is 10.1. The summed E-state index contributed by atoms with van der Waals surface area (Å²) in [5, 5.41) is 17.7. The van der Waals surface area contributed by atoms with Crippen molar-refractivity contribution in [2.24, 2.45) is 0 Å². The molecule has 3 aromatic heterocycles. The number of pyridine rings is 1. The summed E-state index contributed by atoms with van der Waals surface area (Å²) in [7, 11) is 0. The minimum Gasteiger partial charge on any atom is -0.296 e. The van der Waals surface area contributed by atoms with Crippen molar-refractivity contribution in [3.63, 3.8) is 0 Å². The first-order valence-corrected chi connectivity index (χ1v) is 7.17. The molecule has 0 atom stereocenters. The molecule has 0 aromatic carbocycles. The summed E-state index contributed by atoms with van der Waals surface area (Å²) >= 11 is 1.43. The Balaban J connectivity index is 2.15. The van der Waals surface area contributed by atoms with Gasteiger partial charge in [-0.05, 0) is 12.1 Å². The first kappa shape index (κ1) is 13.5. The van der Waals surface area contributed by atoms with Crippen LogP contribution >= 0.6 is 11.3 Å². The molecule has 106 valence electrons. The Kier molecular flexibility index (Phi) is 3.53. The van der Waals surface area contributed by atoms with Crippen molar-refractivity contribution in [1.29, 1.82) is 0 Å². The van der Waals surface area contributed by atoms with E-state index in [-0.39, 0.29) is 11.6 Å². The average Bonchev–Trinajstić information content (AvgIpc) is 3.14. The van der Waals surface area contributed by atoms with E-state index in [2.05, 4.69) is 25.5 Å². The molecule has 7 nitrogen and oxygen atoms in total. The molecule has 0 spiro atoms. The summed E-state index contributed by atoms with van der Waals surface area (Å²) in [5.74, 6) is 0.287. The van der Waals surface area contributed by atoms with Gasteiger partial charge in [-0.2, -0.15) is 4.68 Å². The number of hydrogen-bond donors (Lipinski definition) is 0. The Morgan fingerprint density at radius 2 is 1.95 bits per heavy atom. The van der Waals surface area contributed by atoms with Crippen LogP contribution in [0.15, 0.2) is 24.5 Å². The quantitative estimate of drug-likeness (QED) is 0.686. The Bertz CT molecular complexity index is 764. The highest BCUT2D eigenvalue weighted by molar-refractivity contribution is 7.13. The maximum absolute atomic E-state index is 11.2. The SMILES string of the molecule is CC(C)c1nnc(-n2nnc(C=O)c2-c2ccncc2)s1. The van der Waals surface area contributed by atoms with Gasteiger partial charge in [-0.15, -0.1) is 15.3 Å². The lowest BCUT2D eigenvalue weighted by molar-refractivity contribution is 0.111. The summed E-state index contributed by atoms with van der Waals surface area (Å²) in [5.41, 5.74) is 1.67. The van der Waals surface area contributed by atoms with Crippen molar-refractivity contribution in [3.05, 3.63) is 35.2 Å². The van der Waals surface area contributed by atoms with Crippen molar-refractivity contribution >= 4 is 17.6 Å². The zero-order valence-electron chi connectivity index (χ0n) is 11.5. The second-order valence-electron chi connectivity index (χ2n) is 4.67. The van der Waals surface area contributed by atoms with E-state index in [0.717, 1.165) is 10.6 Å². The molecule has 0 unspecified atom stereocenters. The summed E-state index contributed by atoms with van der Waals surface area (Å²) in [4.78, 5) is 15.2. The second-order valence-corrected chi connectivity index (χ2v) is 5.65. The zero-order chi connectivity index (χ0) is 14.8. The predicted octanol–water partition coefficient (Wildman–Crippen LogP) is 2.12. The fourth-order valence-corrected chi connectivity index (χ4v) is 2.63. The molecule has 0 aliphatic heterocycles. The van der Waals surface area contributed by atoms with Gasteiger partial charge in [0.05, 0.1) is 0 Å². The lowest BCUT2D eigenvalue weighted by Gasteiger charge is -2.02. The Morgan fingerprint density at radius 3 is 2.57 bits per heavy atom. The number of aldehydes is 1. The number of aromatic nitrogens is 6. The van der Waals surface area contributed by atoms with E-state index in [1.165, 1.54) is 11.3 Å². The number of nitrogens with zero attached hydrogens (tertiary/aromatic N) is 6. The largest absolute Gasteiger partial charge is 0.296 e. The van der Waals surface area contributed by atoms with Crippen LogP contribution in [0.3, 0.4) is 0 Å². The molecule has 8 heteroatoms. The minimum absolute atomic E-state index is 0.266. The Labute approximate surface area is 124 Å². The third-order valence-electron chi connectivity index (χ3n) is 2.87. The number of carbonyl (C=O) groups excluding carboxylic acids is 1. The van der Waals surface area contributed by atoms with Crippen LogP contribution in [-0.4, -0.2) is 36.5 Å². The Hall–Kier alpha value is -2.48. The van der Waals surface area contributed by atoms with Gasteiger partial charge in [0.2, 0.25) is 5.13 Å². The van der Waals surface area contributed by atoms with E-state index < -0.39 is 0 Å². The molecule has 3 aromatic rings. The molecule has 0 aliphatic rings. The molecule has 0 aliphatic carbocycles. The van der Waals surface area contributed by atoms with E-state index in [9.17, 15) is 4.79 Å². The predicted molar refractivity (Wildman–Crippen MR) is 77.5 cm³/mol. The molecule has 0 N–H and O–H groups in total. The maximum atomic E-state index is 11.2. The molecule has 3 heterocycles. The fraction of sp³-hybridized carbons (Fsp3) is 0.231. The first-order chi connectivity index (χ1) is 10.2. The molecule has 0 radical (unpaired) electrons.